The predicted molar refractivity (Wildman–Crippen MR) is 75.6 cm³/mol. The van der Waals surface area contributed by atoms with Gasteiger partial charge in [-0.1, -0.05) is 12.1 Å². The van der Waals surface area contributed by atoms with Crippen molar-refractivity contribution in [2.75, 3.05) is 26.3 Å². The van der Waals surface area contributed by atoms with Gasteiger partial charge in [-0.3, -0.25) is 9.59 Å². The molecule has 2 aliphatic heterocycles. The van der Waals surface area contributed by atoms with Crippen molar-refractivity contribution in [3.05, 3.63) is 35.4 Å². The van der Waals surface area contributed by atoms with Gasteiger partial charge in [0.2, 0.25) is 5.91 Å². The topological polar surface area (TPSA) is 66.8 Å². The van der Waals surface area contributed by atoms with Crippen molar-refractivity contribution in [2.24, 2.45) is 11.3 Å². The number of likely N-dealkylation sites (tertiary alicyclic amines) is 1. The van der Waals surface area contributed by atoms with Crippen LogP contribution in [-0.2, 0) is 20.7 Å². The Kier molecular flexibility index (Phi) is 4.06. The highest BCUT2D eigenvalue weighted by atomic mass is 19.2. The minimum absolute atomic E-state index is 0.0227. The number of ether oxygens (including phenoxy) is 1. The molecule has 2 saturated heterocycles. The molecule has 2 heterocycles. The van der Waals surface area contributed by atoms with Crippen molar-refractivity contribution < 1.29 is 28.2 Å². The fourth-order valence-corrected chi connectivity index (χ4v) is 3.45. The van der Waals surface area contributed by atoms with E-state index >= 15 is 0 Å². The molecule has 0 radical (unpaired) electrons. The van der Waals surface area contributed by atoms with Crippen molar-refractivity contribution >= 4 is 11.9 Å². The molecule has 3 rings (SSSR count). The monoisotopic (exact) mass is 325 g/mol. The summed E-state index contributed by atoms with van der Waals surface area (Å²) >= 11 is 0. The summed E-state index contributed by atoms with van der Waals surface area (Å²) < 4.78 is 32.2. The standard InChI is InChI=1S/C16H17F2NO4/c17-12-3-1-2-10(14(12)18)6-13(20)19-7-11-8-23-5-4-16(11,9-19)15(21)22/h1-3,11H,4-9H2,(H,21,22)/t11-,16+/m0/s1. The Hall–Kier alpha value is -2.02. The van der Waals surface area contributed by atoms with Gasteiger partial charge in [0.15, 0.2) is 11.6 Å². The third-order valence-electron chi connectivity index (χ3n) is 4.86. The Balaban J connectivity index is 1.76. The second kappa shape index (κ2) is 5.88. The zero-order valence-corrected chi connectivity index (χ0v) is 12.4. The van der Waals surface area contributed by atoms with Crippen molar-refractivity contribution in [2.45, 2.75) is 12.8 Å². The summed E-state index contributed by atoms with van der Waals surface area (Å²) in [4.78, 5) is 25.5. The second-order valence-corrected chi connectivity index (χ2v) is 6.15. The Labute approximate surface area is 131 Å². The first-order valence-corrected chi connectivity index (χ1v) is 7.46. The van der Waals surface area contributed by atoms with Crippen molar-refractivity contribution in [3.63, 3.8) is 0 Å². The quantitative estimate of drug-likeness (QED) is 0.914. The van der Waals surface area contributed by atoms with E-state index < -0.39 is 28.9 Å². The lowest BCUT2D eigenvalue weighted by Gasteiger charge is -2.33. The lowest BCUT2D eigenvalue weighted by molar-refractivity contribution is -0.157. The average Bonchev–Trinajstić information content (AvgIpc) is 2.93. The maximum atomic E-state index is 13.7. The largest absolute Gasteiger partial charge is 0.481 e. The van der Waals surface area contributed by atoms with E-state index in [9.17, 15) is 23.5 Å². The molecule has 7 heteroatoms. The number of carboxylic acids is 1. The maximum absolute atomic E-state index is 13.7. The van der Waals surface area contributed by atoms with Gasteiger partial charge in [0.25, 0.3) is 0 Å². The van der Waals surface area contributed by atoms with E-state index in [2.05, 4.69) is 0 Å². The second-order valence-electron chi connectivity index (χ2n) is 6.15. The van der Waals surface area contributed by atoms with Gasteiger partial charge in [-0.05, 0) is 12.5 Å². The molecule has 0 unspecified atom stereocenters. The minimum atomic E-state index is -1.03. The van der Waals surface area contributed by atoms with Crippen LogP contribution in [0.4, 0.5) is 8.78 Å². The van der Waals surface area contributed by atoms with Crippen LogP contribution in [0, 0.1) is 23.0 Å². The zero-order valence-electron chi connectivity index (χ0n) is 12.4. The highest BCUT2D eigenvalue weighted by Crippen LogP contribution is 2.42. The summed E-state index contributed by atoms with van der Waals surface area (Å²) in [6.45, 7) is 1.00. The van der Waals surface area contributed by atoms with Crippen LogP contribution in [0.25, 0.3) is 0 Å². The Morgan fingerprint density at radius 2 is 2.17 bits per heavy atom. The minimum Gasteiger partial charge on any atom is -0.481 e. The molecule has 23 heavy (non-hydrogen) atoms. The third kappa shape index (κ3) is 2.69. The average molecular weight is 325 g/mol. The number of fused-ring (bicyclic) bond motifs is 1. The summed E-state index contributed by atoms with van der Waals surface area (Å²) in [5, 5.41) is 9.57. The Bertz CT molecular complexity index is 651. The normalized spacial score (nSPS) is 26.9. The summed E-state index contributed by atoms with van der Waals surface area (Å²) in [5.41, 5.74) is -1.01. The molecule has 1 aromatic rings. The molecule has 0 aromatic heterocycles. The van der Waals surface area contributed by atoms with E-state index in [4.69, 9.17) is 4.74 Å². The van der Waals surface area contributed by atoms with Crippen LogP contribution in [0.15, 0.2) is 18.2 Å². The number of nitrogens with zero attached hydrogens (tertiary/aromatic N) is 1. The molecule has 2 atom stereocenters. The smallest absolute Gasteiger partial charge is 0.311 e. The molecule has 0 spiro atoms. The first kappa shape index (κ1) is 15.9. The van der Waals surface area contributed by atoms with E-state index in [0.717, 1.165) is 6.07 Å². The van der Waals surface area contributed by atoms with Gasteiger partial charge >= 0.3 is 5.97 Å². The molecular formula is C16H17F2NO4. The molecule has 5 nitrogen and oxygen atoms in total. The lowest BCUT2D eigenvalue weighted by atomic mass is 9.74. The number of amides is 1. The van der Waals surface area contributed by atoms with Gasteiger partial charge in [-0.2, -0.15) is 0 Å². The number of carboxylic acid groups (broad SMARTS) is 1. The number of rotatable bonds is 3. The van der Waals surface area contributed by atoms with Crippen molar-refractivity contribution in [3.8, 4) is 0 Å². The van der Waals surface area contributed by atoms with Gasteiger partial charge in [0.05, 0.1) is 18.4 Å². The Morgan fingerprint density at radius 1 is 1.39 bits per heavy atom. The number of halogens is 2. The number of hydrogen-bond donors (Lipinski definition) is 1. The van der Waals surface area contributed by atoms with E-state index in [1.807, 2.05) is 0 Å². The molecule has 0 aliphatic carbocycles. The number of aliphatic carboxylic acids is 1. The van der Waals surface area contributed by atoms with Gasteiger partial charge < -0.3 is 14.7 Å². The molecule has 0 saturated carbocycles. The molecule has 2 aliphatic rings. The Morgan fingerprint density at radius 3 is 2.87 bits per heavy atom. The molecule has 1 aromatic carbocycles. The summed E-state index contributed by atoms with van der Waals surface area (Å²) in [5.74, 6) is -3.63. The van der Waals surface area contributed by atoms with Crippen LogP contribution in [-0.4, -0.2) is 48.2 Å². The maximum Gasteiger partial charge on any atom is 0.311 e. The molecule has 0 bridgehead atoms. The van der Waals surface area contributed by atoms with Crippen LogP contribution in [0.5, 0.6) is 0 Å². The fraction of sp³-hybridized carbons (Fsp3) is 0.500. The molecule has 1 amide bonds. The first-order valence-electron chi connectivity index (χ1n) is 7.46. The first-order chi connectivity index (χ1) is 10.9. The SMILES string of the molecule is O=C(Cc1cccc(F)c1F)N1C[C@H]2COCC[C@@]2(C(=O)O)C1. The molecule has 124 valence electrons. The summed E-state index contributed by atoms with van der Waals surface area (Å²) in [7, 11) is 0. The summed E-state index contributed by atoms with van der Waals surface area (Å²) in [6, 6.07) is 3.69. The van der Waals surface area contributed by atoms with Gasteiger partial charge in [-0.25, -0.2) is 8.78 Å². The van der Waals surface area contributed by atoms with E-state index in [1.165, 1.54) is 17.0 Å². The van der Waals surface area contributed by atoms with Crippen LogP contribution in [0.3, 0.4) is 0 Å². The lowest BCUT2D eigenvalue weighted by Crippen LogP contribution is -2.45. The molecule has 2 fully saturated rings. The number of carbonyl (C=O) groups excluding carboxylic acids is 1. The van der Waals surface area contributed by atoms with E-state index in [0.29, 0.717) is 19.6 Å². The van der Waals surface area contributed by atoms with Crippen molar-refractivity contribution in [1.82, 2.24) is 4.90 Å². The third-order valence-corrected chi connectivity index (χ3v) is 4.86. The summed E-state index contributed by atoms with van der Waals surface area (Å²) in [6.07, 6.45) is 0.0674. The van der Waals surface area contributed by atoms with Crippen molar-refractivity contribution in [1.29, 1.82) is 0 Å². The number of benzene rings is 1. The fourth-order valence-electron chi connectivity index (χ4n) is 3.45. The predicted octanol–water partition coefficient (Wildman–Crippen LogP) is 1.46. The van der Waals surface area contributed by atoms with Gasteiger partial charge in [0.1, 0.15) is 0 Å². The zero-order chi connectivity index (χ0) is 16.6. The van der Waals surface area contributed by atoms with Crippen LogP contribution < -0.4 is 0 Å². The van der Waals surface area contributed by atoms with Crippen LogP contribution in [0.2, 0.25) is 0 Å². The highest BCUT2D eigenvalue weighted by molar-refractivity contribution is 5.82. The van der Waals surface area contributed by atoms with Gasteiger partial charge in [-0.15, -0.1) is 0 Å². The molecule has 1 N–H and O–H groups in total. The van der Waals surface area contributed by atoms with Crippen LogP contribution >= 0.6 is 0 Å². The van der Waals surface area contributed by atoms with E-state index in [1.54, 1.807) is 0 Å². The molecular weight excluding hydrogens is 308 g/mol. The van der Waals surface area contributed by atoms with E-state index in [-0.39, 0.29) is 31.0 Å². The van der Waals surface area contributed by atoms with Crippen LogP contribution in [0.1, 0.15) is 12.0 Å². The number of carbonyl (C=O) groups is 2. The number of hydrogen-bond acceptors (Lipinski definition) is 3. The highest BCUT2D eigenvalue weighted by Gasteiger charge is 2.54. The van der Waals surface area contributed by atoms with Gasteiger partial charge in [0, 0.05) is 31.2 Å².